The molecule has 2 heterocycles. The van der Waals surface area contributed by atoms with Crippen LogP contribution in [0, 0.1) is 13.8 Å². The van der Waals surface area contributed by atoms with Gasteiger partial charge in [-0.05, 0) is 40.5 Å². The van der Waals surface area contributed by atoms with E-state index in [1.165, 1.54) is 4.31 Å². The van der Waals surface area contributed by atoms with Crippen LogP contribution in [0.2, 0.25) is 0 Å². The van der Waals surface area contributed by atoms with Crippen molar-refractivity contribution in [1.29, 1.82) is 0 Å². The number of nitrogens with one attached hydrogen (secondary N) is 1. The fourth-order valence-electron chi connectivity index (χ4n) is 2.91. The molecule has 0 spiro atoms. The lowest BCUT2D eigenvalue weighted by molar-refractivity contribution is 0.0519. The summed E-state index contributed by atoms with van der Waals surface area (Å²) in [5.41, 5.74) is 1.14. The summed E-state index contributed by atoms with van der Waals surface area (Å²) in [5.74, 6) is -0.519. The summed E-state index contributed by atoms with van der Waals surface area (Å²) >= 11 is 0. The molecular formula is C14H22N2O4S. The molecule has 0 bridgehead atoms. The van der Waals surface area contributed by atoms with Gasteiger partial charge in [-0.25, -0.2) is 13.2 Å². The van der Waals surface area contributed by atoms with Crippen LogP contribution in [0.25, 0.3) is 0 Å². The number of hydrogen-bond acceptors (Lipinski definition) is 4. The molecule has 0 saturated carbocycles. The highest BCUT2D eigenvalue weighted by Crippen LogP contribution is 2.31. The van der Waals surface area contributed by atoms with Gasteiger partial charge in [-0.15, -0.1) is 0 Å². The van der Waals surface area contributed by atoms with Crippen LogP contribution < -0.4 is 0 Å². The highest BCUT2D eigenvalue weighted by Gasteiger charge is 2.36. The summed E-state index contributed by atoms with van der Waals surface area (Å²) in [6.07, 6.45) is 1.74. The molecule has 1 aromatic rings. The molecule has 1 N–H and O–H groups in total. The van der Waals surface area contributed by atoms with E-state index in [4.69, 9.17) is 4.74 Å². The molecule has 1 aromatic heterocycles. The number of rotatable bonds is 4. The molecule has 1 fully saturated rings. The van der Waals surface area contributed by atoms with Crippen LogP contribution in [0.5, 0.6) is 0 Å². The van der Waals surface area contributed by atoms with Crippen LogP contribution >= 0.6 is 0 Å². The molecule has 118 valence electrons. The zero-order valence-electron chi connectivity index (χ0n) is 12.9. The number of aromatic amines is 1. The topological polar surface area (TPSA) is 79.5 Å². The van der Waals surface area contributed by atoms with Crippen molar-refractivity contribution < 1.29 is 17.9 Å². The predicted octanol–water partition coefficient (Wildman–Crippen LogP) is 1.98. The third kappa shape index (κ3) is 2.72. The van der Waals surface area contributed by atoms with Gasteiger partial charge in [-0.1, -0.05) is 0 Å². The molecule has 21 heavy (non-hydrogen) atoms. The van der Waals surface area contributed by atoms with Crippen molar-refractivity contribution in [3.05, 3.63) is 17.0 Å². The number of aryl methyl sites for hydroxylation is 1. The molecule has 1 aliphatic heterocycles. The number of hydrogen-bond donors (Lipinski definition) is 1. The van der Waals surface area contributed by atoms with Crippen LogP contribution in [-0.2, 0) is 14.8 Å². The third-order valence-electron chi connectivity index (χ3n) is 3.91. The van der Waals surface area contributed by atoms with Gasteiger partial charge in [0.15, 0.2) is 0 Å². The maximum atomic E-state index is 12.8. The van der Waals surface area contributed by atoms with Crippen molar-refractivity contribution in [2.45, 2.75) is 51.5 Å². The number of carbonyl (C=O) groups excluding carboxylic acids is 1. The van der Waals surface area contributed by atoms with E-state index in [1.54, 1.807) is 20.8 Å². The first-order valence-electron chi connectivity index (χ1n) is 7.18. The Bertz CT molecular complexity index is 648. The highest BCUT2D eigenvalue weighted by molar-refractivity contribution is 7.89. The minimum atomic E-state index is -3.58. The molecule has 2 rings (SSSR count). The first kappa shape index (κ1) is 16.0. The quantitative estimate of drug-likeness (QED) is 0.862. The van der Waals surface area contributed by atoms with Crippen molar-refractivity contribution in [2.24, 2.45) is 0 Å². The number of carbonyl (C=O) groups is 1. The van der Waals surface area contributed by atoms with E-state index >= 15 is 0 Å². The molecule has 0 aromatic carbocycles. The Labute approximate surface area is 125 Å². The second kappa shape index (κ2) is 5.81. The standard InChI is InChI=1S/C14H22N2O4S/c1-5-20-14(17)12-10(3)13(11(4)15-12)21(18,19)16-8-6-7-9(16)2/h9,15H,5-8H2,1-4H3. The lowest BCUT2D eigenvalue weighted by Crippen LogP contribution is -2.34. The summed E-state index contributed by atoms with van der Waals surface area (Å²) < 4.78 is 32.1. The van der Waals surface area contributed by atoms with Gasteiger partial charge in [0.2, 0.25) is 10.0 Å². The Morgan fingerprint density at radius 2 is 2.10 bits per heavy atom. The van der Waals surface area contributed by atoms with Crippen molar-refractivity contribution in [1.82, 2.24) is 9.29 Å². The third-order valence-corrected chi connectivity index (χ3v) is 6.20. The van der Waals surface area contributed by atoms with E-state index in [0.29, 0.717) is 17.8 Å². The van der Waals surface area contributed by atoms with Crippen molar-refractivity contribution >= 4 is 16.0 Å². The van der Waals surface area contributed by atoms with Crippen molar-refractivity contribution in [2.75, 3.05) is 13.2 Å². The monoisotopic (exact) mass is 314 g/mol. The highest BCUT2D eigenvalue weighted by atomic mass is 32.2. The van der Waals surface area contributed by atoms with Crippen LogP contribution in [-0.4, -0.2) is 42.9 Å². The van der Waals surface area contributed by atoms with E-state index < -0.39 is 16.0 Å². The van der Waals surface area contributed by atoms with E-state index in [2.05, 4.69) is 4.98 Å². The smallest absolute Gasteiger partial charge is 0.355 e. The maximum absolute atomic E-state index is 12.8. The second-order valence-corrected chi connectivity index (χ2v) is 7.23. The van der Waals surface area contributed by atoms with Crippen molar-refractivity contribution in [3.63, 3.8) is 0 Å². The fraction of sp³-hybridized carbons (Fsp3) is 0.643. The Kier molecular flexibility index (Phi) is 4.43. The molecule has 0 radical (unpaired) electrons. The first-order valence-corrected chi connectivity index (χ1v) is 8.62. The number of nitrogens with zero attached hydrogens (tertiary/aromatic N) is 1. The van der Waals surface area contributed by atoms with Gasteiger partial charge in [0.1, 0.15) is 10.6 Å². The first-order chi connectivity index (χ1) is 9.80. The lowest BCUT2D eigenvalue weighted by atomic mass is 10.2. The molecule has 0 amide bonds. The van der Waals surface area contributed by atoms with Crippen LogP contribution in [0.1, 0.15) is 48.4 Å². The SMILES string of the molecule is CCOC(=O)c1[nH]c(C)c(S(=O)(=O)N2CCCC2C)c1C. The minimum Gasteiger partial charge on any atom is -0.461 e. The van der Waals surface area contributed by atoms with E-state index in [0.717, 1.165) is 12.8 Å². The van der Waals surface area contributed by atoms with E-state index in [1.807, 2.05) is 6.92 Å². The number of esters is 1. The maximum Gasteiger partial charge on any atom is 0.355 e. The summed E-state index contributed by atoms with van der Waals surface area (Å²) in [7, 11) is -3.58. The molecule has 1 aliphatic rings. The lowest BCUT2D eigenvalue weighted by Gasteiger charge is -2.21. The van der Waals surface area contributed by atoms with Gasteiger partial charge >= 0.3 is 5.97 Å². The zero-order valence-corrected chi connectivity index (χ0v) is 13.7. The molecule has 7 heteroatoms. The van der Waals surface area contributed by atoms with E-state index in [9.17, 15) is 13.2 Å². The average Bonchev–Trinajstić information content (AvgIpc) is 2.94. The Morgan fingerprint density at radius 3 is 2.62 bits per heavy atom. The Hall–Kier alpha value is -1.34. The minimum absolute atomic E-state index is 0.00487. The van der Waals surface area contributed by atoms with Crippen LogP contribution in [0.15, 0.2) is 4.90 Å². The number of H-pyrrole nitrogens is 1. The fourth-order valence-corrected chi connectivity index (χ4v) is 5.02. The number of sulfonamides is 1. The molecular weight excluding hydrogens is 292 g/mol. The molecule has 0 aliphatic carbocycles. The molecule has 6 nitrogen and oxygen atoms in total. The zero-order chi connectivity index (χ0) is 15.8. The van der Waals surface area contributed by atoms with Gasteiger partial charge in [0, 0.05) is 23.8 Å². The van der Waals surface area contributed by atoms with Crippen LogP contribution in [0.3, 0.4) is 0 Å². The Balaban J connectivity index is 2.47. The predicted molar refractivity (Wildman–Crippen MR) is 78.8 cm³/mol. The average molecular weight is 314 g/mol. The summed E-state index contributed by atoms with van der Waals surface area (Å²) in [4.78, 5) is 15.0. The van der Waals surface area contributed by atoms with Gasteiger partial charge in [-0.2, -0.15) is 4.31 Å². The summed E-state index contributed by atoms with van der Waals surface area (Å²) in [5, 5.41) is 0. The second-order valence-electron chi connectivity index (χ2n) is 5.41. The molecule has 1 atom stereocenters. The number of aromatic nitrogens is 1. The number of ether oxygens (including phenoxy) is 1. The molecule has 1 unspecified atom stereocenters. The van der Waals surface area contributed by atoms with Gasteiger partial charge in [-0.3, -0.25) is 0 Å². The van der Waals surface area contributed by atoms with Crippen molar-refractivity contribution in [3.8, 4) is 0 Å². The van der Waals surface area contributed by atoms with Crippen LogP contribution in [0.4, 0.5) is 0 Å². The summed E-state index contributed by atoms with van der Waals surface area (Å²) in [6.45, 7) is 7.72. The largest absolute Gasteiger partial charge is 0.461 e. The molecule has 1 saturated heterocycles. The Morgan fingerprint density at radius 1 is 1.43 bits per heavy atom. The van der Waals surface area contributed by atoms with E-state index in [-0.39, 0.29) is 23.2 Å². The van der Waals surface area contributed by atoms with Gasteiger partial charge < -0.3 is 9.72 Å². The summed E-state index contributed by atoms with van der Waals surface area (Å²) in [6, 6.07) is -0.00487. The normalized spacial score (nSPS) is 19.9. The van der Waals surface area contributed by atoms with Gasteiger partial charge in [0.05, 0.1) is 6.61 Å². The van der Waals surface area contributed by atoms with Gasteiger partial charge in [0.25, 0.3) is 0 Å².